The van der Waals surface area contributed by atoms with Crippen molar-refractivity contribution < 1.29 is 14.3 Å². The molecular formula is C23H22N4O3S. The first-order valence-corrected chi connectivity index (χ1v) is 11.2. The van der Waals surface area contributed by atoms with Crippen LogP contribution in [0.25, 0.3) is 32.4 Å². The monoisotopic (exact) mass is 434 g/mol. The first-order chi connectivity index (χ1) is 15.1. The van der Waals surface area contributed by atoms with Gasteiger partial charge in [0.2, 0.25) is 5.91 Å². The summed E-state index contributed by atoms with van der Waals surface area (Å²) in [7, 11) is 0. The van der Waals surface area contributed by atoms with E-state index in [0.29, 0.717) is 5.13 Å². The number of rotatable bonds is 3. The third-order valence-corrected chi connectivity index (χ3v) is 6.49. The standard InChI is InChI=1S/C23H22N4O3S/c1-14(28)25-22-26-19-8-7-15(12-21(19)31-22)16-11-20-18(24-13-16)9-10-27(20)23(29)30-17-5-3-2-4-6-17/h7-13,17H,2-6H2,1H3,(H,25,26,28). The zero-order valence-electron chi connectivity index (χ0n) is 17.1. The number of carbonyl (C=O) groups excluding carboxylic acids is 2. The molecule has 0 saturated heterocycles. The molecule has 1 N–H and O–H groups in total. The molecule has 0 aliphatic heterocycles. The molecule has 158 valence electrons. The molecule has 1 saturated carbocycles. The van der Waals surface area contributed by atoms with E-state index in [4.69, 9.17) is 4.74 Å². The van der Waals surface area contributed by atoms with Gasteiger partial charge in [0.1, 0.15) is 6.10 Å². The molecule has 1 aliphatic carbocycles. The van der Waals surface area contributed by atoms with E-state index in [-0.39, 0.29) is 18.1 Å². The zero-order valence-corrected chi connectivity index (χ0v) is 17.9. The minimum Gasteiger partial charge on any atom is -0.446 e. The van der Waals surface area contributed by atoms with E-state index in [9.17, 15) is 9.59 Å². The Kier molecular flexibility index (Phi) is 5.15. The number of nitrogens with zero attached hydrogens (tertiary/aromatic N) is 3. The molecule has 3 heterocycles. The number of amides is 1. The fraction of sp³-hybridized carbons (Fsp3) is 0.304. The largest absolute Gasteiger partial charge is 0.446 e. The van der Waals surface area contributed by atoms with Crippen LogP contribution in [0.15, 0.2) is 42.7 Å². The Hall–Kier alpha value is -3.26. The van der Waals surface area contributed by atoms with Crippen LogP contribution >= 0.6 is 11.3 Å². The highest BCUT2D eigenvalue weighted by atomic mass is 32.1. The molecule has 5 rings (SSSR count). The van der Waals surface area contributed by atoms with E-state index in [2.05, 4.69) is 15.3 Å². The first-order valence-electron chi connectivity index (χ1n) is 10.4. The van der Waals surface area contributed by atoms with Crippen LogP contribution in [0, 0.1) is 0 Å². The number of thiazole rings is 1. The quantitative estimate of drug-likeness (QED) is 0.454. The first kappa shape index (κ1) is 19.7. The molecule has 7 nitrogen and oxygen atoms in total. The molecule has 0 bridgehead atoms. The van der Waals surface area contributed by atoms with Crippen LogP contribution in [0.3, 0.4) is 0 Å². The lowest BCUT2D eigenvalue weighted by atomic mass is 9.98. The highest BCUT2D eigenvalue weighted by Crippen LogP contribution is 2.31. The highest BCUT2D eigenvalue weighted by molar-refractivity contribution is 7.22. The lowest BCUT2D eigenvalue weighted by Crippen LogP contribution is -2.23. The number of hydrogen-bond acceptors (Lipinski definition) is 6. The summed E-state index contributed by atoms with van der Waals surface area (Å²) in [4.78, 5) is 33.0. The SMILES string of the molecule is CC(=O)Nc1nc2ccc(-c3cnc4ccn(C(=O)OC5CCCCC5)c4c3)cc2s1. The topological polar surface area (TPSA) is 86.1 Å². The minimum atomic E-state index is -0.348. The Balaban J connectivity index is 1.45. The maximum atomic E-state index is 12.8. The number of anilines is 1. The summed E-state index contributed by atoms with van der Waals surface area (Å²) in [5.74, 6) is -0.144. The molecule has 0 atom stereocenters. The smallest absolute Gasteiger partial charge is 0.418 e. The average Bonchev–Trinajstić information content (AvgIpc) is 3.36. The van der Waals surface area contributed by atoms with E-state index in [1.54, 1.807) is 17.0 Å². The van der Waals surface area contributed by atoms with Crippen LogP contribution in [0.1, 0.15) is 39.0 Å². The van der Waals surface area contributed by atoms with Crippen molar-refractivity contribution in [2.45, 2.75) is 45.1 Å². The van der Waals surface area contributed by atoms with Crippen molar-refractivity contribution in [3.63, 3.8) is 0 Å². The summed E-state index contributed by atoms with van der Waals surface area (Å²) in [6, 6.07) is 9.70. The van der Waals surface area contributed by atoms with E-state index in [0.717, 1.165) is 58.1 Å². The van der Waals surface area contributed by atoms with Gasteiger partial charge in [-0.2, -0.15) is 0 Å². The second-order valence-corrected chi connectivity index (χ2v) is 8.87. The van der Waals surface area contributed by atoms with Gasteiger partial charge >= 0.3 is 6.09 Å². The van der Waals surface area contributed by atoms with Gasteiger partial charge in [-0.3, -0.25) is 14.3 Å². The Morgan fingerprint density at radius 3 is 2.74 bits per heavy atom. The molecule has 1 fully saturated rings. The Labute approximate surface area is 183 Å². The molecule has 1 aromatic carbocycles. The van der Waals surface area contributed by atoms with Crippen molar-refractivity contribution >= 4 is 49.7 Å². The maximum absolute atomic E-state index is 12.8. The number of nitrogens with one attached hydrogen (secondary N) is 1. The number of carbonyl (C=O) groups is 2. The van der Waals surface area contributed by atoms with Gasteiger partial charge in [0.15, 0.2) is 5.13 Å². The second kappa shape index (κ2) is 8.11. The summed E-state index contributed by atoms with van der Waals surface area (Å²) in [6.45, 7) is 1.47. The number of aromatic nitrogens is 3. The van der Waals surface area contributed by atoms with Crippen molar-refractivity contribution in [2.75, 3.05) is 5.32 Å². The summed E-state index contributed by atoms with van der Waals surface area (Å²) < 4.78 is 8.24. The van der Waals surface area contributed by atoms with Gasteiger partial charge in [-0.15, -0.1) is 0 Å². The third-order valence-electron chi connectivity index (χ3n) is 5.56. The number of fused-ring (bicyclic) bond motifs is 2. The highest BCUT2D eigenvalue weighted by Gasteiger charge is 2.20. The van der Waals surface area contributed by atoms with E-state index in [1.165, 1.54) is 24.7 Å². The second-order valence-electron chi connectivity index (χ2n) is 7.84. The summed E-state index contributed by atoms with van der Waals surface area (Å²) in [5, 5.41) is 3.31. The lowest BCUT2D eigenvalue weighted by Gasteiger charge is -2.21. The maximum Gasteiger partial charge on any atom is 0.418 e. The van der Waals surface area contributed by atoms with Crippen molar-refractivity contribution in [3.05, 3.63) is 42.7 Å². The molecule has 0 radical (unpaired) electrons. The van der Waals surface area contributed by atoms with Gasteiger partial charge in [0.25, 0.3) is 0 Å². The summed E-state index contributed by atoms with van der Waals surface area (Å²) >= 11 is 1.42. The number of hydrogen-bond donors (Lipinski definition) is 1. The van der Waals surface area contributed by atoms with Crippen LogP contribution in [-0.4, -0.2) is 32.6 Å². The average molecular weight is 435 g/mol. The Morgan fingerprint density at radius 2 is 1.94 bits per heavy atom. The van der Waals surface area contributed by atoms with Crippen LogP contribution < -0.4 is 5.32 Å². The van der Waals surface area contributed by atoms with Crippen molar-refractivity contribution in [3.8, 4) is 11.1 Å². The Morgan fingerprint density at radius 1 is 1.10 bits per heavy atom. The lowest BCUT2D eigenvalue weighted by molar-refractivity contribution is -0.114. The zero-order chi connectivity index (χ0) is 21.4. The molecule has 3 aromatic heterocycles. The van der Waals surface area contributed by atoms with Crippen LogP contribution in [-0.2, 0) is 9.53 Å². The molecule has 0 unspecified atom stereocenters. The fourth-order valence-electron chi connectivity index (χ4n) is 4.02. The summed E-state index contributed by atoms with van der Waals surface area (Å²) in [6.07, 6.45) is 8.48. The van der Waals surface area contributed by atoms with E-state index >= 15 is 0 Å². The van der Waals surface area contributed by atoms with Crippen LogP contribution in [0.4, 0.5) is 9.93 Å². The van der Waals surface area contributed by atoms with Crippen LogP contribution in [0.2, 0.25) is 0 Å². The van der Waals surface area contributed by atoms with Crippen molar-refractivity contribution in [2.24, 2.45) is 0 Å². The molecule has 8 heteroatoms. The molecule has 4 aromatic rings. The molecule has 1 aliphatic rings. The van der Waals surface area contributed by atoms with Gasteiger partial charge in [-0.25, -0.2) is 9.78 Å². The molecule has 31 heavy (non-hydrogen) atoms. The van der Waals surface area contributed by atoms with E-state index in [1.807, 2.05) is 30.3 Å². The number of pyridine rings is 1. The molecular weight excluding hydrogens is 412 g/mol. The normalized spacial score (nSPS) is 14.7. The fourth-order valence-corrected chi connectivity index (χ4v) is 4.97. The van der Waals surface area contributed by atoms with Gasteiger partial charge in [0.05, 0.1) is 21.3 Å². The predicted molar refractivity (Wildman–Crippen MR) is 121 cm³/mol. The van der Waals surface area contributed by atoms with Crippen LogP contribution in [0.5, 0.6) is 0 Å². The Bertz CT molecular complexity index is 1290. The number of benzene rings is 1. The third kappa shape index (κ3) is 4.03. The van der Waals surface area contributed by atoms with Crippen molar-refractivity contribution in [1.29, 1.82) is 0 Å². The predicted octanol–water partition coefficient (Wildman–Crippen LogP) is 5.59. The molecule has 0 spiro atoms. The van der Waals surface area contributed by atoms with Gasteiger partial charge in [0, 0.05) is 24.9 Å². The van der Waals surface area contributed by atoms with E-state index < -0.39 is 0 Å². The molecule has 1 amide bonds. The van der Waals surface area contributed by atoms with Gasteiger partial charge in [-0.1, -0.05) is 23.8 Å². The summed E-state index contributed by atoms with van der Waals surface area (Å²) in [5.41, 5.74) is 4.16. The number of ether oxygens (including phenoxy) is 1. The van der Waals surface area contributed by atoms with Crippen molar-refractivity contribution in [1.82, 2.24) is 14.5 Å². The minimum absolute atomic E-state index is 0.00128. The van der Waals surface area contributed by atoms with Gasteiger partial charge in [-0.05, 0) is 55.5 Å². The van der Waals surface area contributed by atoms with Gasteiger partial charge < -0.3 is 10.1 Å².